The Hall–Kier alpha value is -4.30. The summed E-state index contributed by atoms with van der Waals surface area (Å²) in [4.78, 5) is 46.9. The van der Waals surface area contributed by atoms with Crippen LogP contribution < -0.4 is 16.1 Å². The van der Waals surface area contributed by atoms with Crippen LogP contribution in [0.2, 0.25) is 0 Å². The van der Waals surface area contributed by atoms with Gasteiger partial charge in [0.25, 0.3) is 0 Å². The Labute approximate surface area is 261 Å². The Morgan fingerprint density at radius 1 is 1.13 bits per heavy atom. The zero-order valence-corrected chi connectivity index (χ0v) is 26.2. The van der Waals surface area contributed by atoms with E-state index in [1.165, 1.54) is 24.5 Å². The predicted molar refractivity (Wildman–Crippen MR) is 166 cm³/mol. The summed E-state index contributed by atoms with van der Waals surface area (Å²) in [5.41, 5.74) is -0.987. The first-order chi connectivity index (χ1) is 21.2. The smallest absolute Gasteiger partial charge is 0.434 e. The molecule has 4 aromatic rings. The second-order valence-corrected chi connectivity index (χ2v) is 12.2. The fourth-order valence-corrected chi connectivity index (χ4v) is 5.63. The fourth-order valence-electron chi connectivity index (χ4n) is 4.77. The van der Waals surface area contributed by atoms with Crippen LogP contribution in [0.1, 0.15) is 63.1 Å². The molecule has 2 amide bonds. The van der Waals surface area contributed by atoms with Gasteiger partial charge in [-0.15, -0.1) is 11.3 Å². The van der Waals surface area contributed by atoms with E-state index in [0.717, 1.165) is 16.7 Å². The maximum atomic E-state index is 13.7. The lowest BCUT2D eigenvalue weighted by atomic mass is 9.86. The normalized spacial score (nSPS) is 12.6. The second-order valence-electron chi connectivity index (χ2n) is 11.3. The van der Waals surface area contributed by atoms with E-state index < -0.39 is 40.8 Å². The minimum atomic E-state index is -4.67. The molecule has 0 bridgehead atoms. The number of alkyl halides is 3. The van der Waals surface area contributed by atoms with Crippen molar-refractivity contribution in [1.82, 2.24) is 19.9 Å². The molecule has 45 heavy (non-hydrogen) atoms. The number of nitrogens with zero attached hydrogens (tertiary/aromatic N) is 3. The summed E-state index contributed by atoms with van der Waals surface area (Å²) in [6.45, 7) is 9.40. The van der Waals surface area contributed by atoms with Crippen molar-refractivity contribution in [3.05, 3.63) is 63.5 Å². The number of urea groups is 1. The van der Waals surface area contributed by atoms with Crippen molar-refractivity contribution < 1.29 is 32.6 Å². The summed E-state index contributed by atoms with van der Waals surface area (Å²) in [6.07, 6.45) is -1.21. The third-order valence-corrected chi connectivity index (χ3v) is 7.93. The molecule has 3 heterocycles. The molecule has 0 aliphatic heterocycles. The third-order valence-electron chi connectivity index (χ3n) is 7.05. The summed E-state index contributed by atoms with van der Waals surface area (Å²) in [6, 6.07) is 5.18. The number of benzene rings is 1. The molecule has 1 atom stereocenters. The maximum Gasteiger partial charge on any atom is 0.434 e. The number of pyridine rings is 2. The molecular weight excluding hydrogens is 611 g/mol. The zero-order chi connectivity index (χ0) is 33.1. The van der Waals surface area contributed by atoms with Crippen LogP contribution in [0.4, 0.5) is 23.8 Å². The SMILES string of the molecule is CCCNC(=O)Nc1cc(-c2nc(C(F)(F)F)cs2)c(-c2ccc3c(c2)c(=O)c(C(=O)OCC)cn3[C@@H](CO)C(C)(C)C)cn1. The van der Waals surface area contributed by atoms with E-state index in [4.69, 9.17) is 4.74 Å². The number of aliphatic hydroxyl groups is 1. The number of hydrogen-bond donors (Lipinski definition) is 3. The number of halogens is 3. The van der Waals surface area contributed by atoms with Gasteiger partial charge in [-0.3, -0.25) is 10.1 Å². The first kappa shape index (κ1) is 33.6. The van der Waals surface area contributed by atoms with Gasteiger partial charge in [-0.1, -0.05) is 33.8 Å². The van der Waals surface area contributed by atoms with E-state index in [2.05, 4.69) is 20.6 Å². The van der Waals surface area contributed by atoms with E-state index in [1.807, 2.05) is 27.7 Å². The highest BCUT2D eigenvalue weighted by Gasteiger charge is 2.34. The summed E-state index contributed by atoms with van der Waals surface area (Å²) in [5, 5.41) is 16.6. The fraction of sp³-hybridized carbons (Fsp3) is 0.387. The minimum Gasteiger partial charge on any atom is -0.462 e. The average molecular weight is 646 g/mol. The van der Waals surface area contributed by atoms with Crippen molar-refractivity contribution in [2.45, 2.75) is 53.3 Å². The molecule has 0 saturated heterocycles. The number of nitrogens with one attached hydrogen (secondary N) is 2. The monoisotopic (exact) mass is 645 g/mol. The lowest BCUT2D eigenvalue weighted by Crippen LogP contribution is -2.30. The molecule has 1 aromatic carbocycles. The molecule has 14 heteroatoms. The molecule has 0 aliphatic rings. The number of hydrogen-bond acceptors (Lipinski definition) is 8. The van der Waals surface area contributed by atoms with Crippen LogP contribution in [0.5, 0.6) is 0 Å². The molecule has 10 nitrogen and oxygen atoms in total. The van der Waals surface area contributed by atoms with Gasteiger partial charge in [0.1, 0.15) is 16.4 Å². The van der Waals surface area contributed by atoms with Crippen LogP contribution in [-0.4, -0.2) is 51.4 Å². The van der Waals surface area contributed by atoms with E-state index >= 15 is 0 Å². The molecule has 0 saturated carbocycles. The molecule has 3 N–H and O–H groups in total. The highest BCUT2D eigenvalue weighted by atomic mass is 32.1. The summed E-state index contributed by atoms with van der Waals surface area (Å²) < 4.78 is 47.2. The number of carbonyl (C=O) groups excluding carboxylic acids is 2. The van der Waals surface area contributed by atoms with Crippen molar-refractivity contribution in [2.24, 2.45) is 5.41 Å². The van der Waals surface area contributed by atoms with E-state index in [1.54, 1.807) is 23.6 Å². The van der Waals surface area contributed by atoms with Crippen molar-refractivity contribution in [3.63, 3.8) is 0 Å². The van der Waals surface area contributed by atoms with Crippen molar-refractivity contribution in [1.29, 1.82) is 0 Å². The molecule has 240 valence electrons. The second kappa shape index (κ2) is 13.4. The largest absolute Gasteiger partial charge is 0.462 e. The van der Waals surface area contributed by atoms with Crippen molar-refractivity contribution in [3.8, 4) is 21.7 Å². The summed E-state index contributed by atoms with van der Waals surface area (Å²) in [5.74, 6) is -0.745. The topological polar surface area (TPSA) is 135 Å². The average Bonchev–Trinajstić information content (AvgIpc) is 3.48. The first-order valence-electron chi connectivity index (χ1n) is 14.2. The van der Waals surface area contributed by atoms with Gasteiger partial charge in [0.05, 0.1) is 24.8 Å². The summed E-state index contributed by atoms with van der Waals surface area (Å²) >= 11 is 0.768. The molecule has 0 fully saturated rings. The van der Waals surface area contributed by atoms with Crippen LogP contribution in [0.3, 0.4) is 0 Å². The number of ether oxygens (including phenoxy) is 1. The molecule has 0 unspecified atom stereocenters. The van der Waals surface area contributed by atoms with Gasteiger partial charge in [0.2, 0.25) is 5.43 Å². The van der Waals surface area contributed by atoms with Gasteiger partial charge in [-0.25, -0.2) is 19.6 Å². The Morgan fingerprint density at radius 2 is 1.87 bits per heavy atom. The number of aliphatic hydroxyl groups excluding tert-OH is 1. The number of aromatic nitrogens is 3. The lowest BCUT2D eigenvalue weighted by molar-refractivity contribution is -0.140. The van der Waals surface area contributed by atoms with Gasteiger partial charge >= 0.3 is 18.2 Å². The maximum absolute atomic E-state index is 13.7. The first-order valence-corrected chi connectivity index (χ1v) is 15.1. The van der Waals surface area contributed by atoms with Crippen LogP contribution in [-0.2, 0) is 10.9 Å². The van der Waals surface area contributed by atoms with Gasteiger partial charge in [-0.2, -0.15) is 13.2 Å². The van der Waals surface area contributed by atoms with Crippen molar-refractivity contribution >= 4 is 40.1 Å². The van der Waals surface area contributed by atoms with Gasteiger partial charge in [0.15, 0.2) is 5.69 Å². The molecule has 0 aliphatic carbocycles. The zero-order valence-electron chi connectivity index (χ0n) is 25.4. The van der Waals surface area contributed by atoms with E-state index in [9.17, 15) is 32.7 Å². The molecule has 3 aromatic heterocycles. The number of fused-ring (bicyclic) bond motifs is 1. The number of amides is 2. The highest BCUT2D eigenvalue weighted by molar-refractivity contribution is 7.13. The predicted octanol–water partition coefficient (Wildman–Crippen LogP) is 6.49. The highest BCUT2D eigenvalue weighted by Crippen LogP contribution is 2.39. The molecular formula is C31H34F3N5O5S. The summed E-state index contributed by atoms with van der Waals surface area (Å²) in [7, 11) is 0. The number of thiazole rings is 1. The van der Waals surface area contributed by atoms with E-state index in [-0.39, 0.29) is 40.6 Å². The van der Waals surface area contributed by atoms with Crippen LogP contribution in [0.15, 0.2) is 46.8 Å². The Kier molecular flexibility index (Phi) is 9.98. The Balaban J connectivity index is 1.96. The standard InChI is InChI=1S/C31H34F3N5O5S/c1-6-10-35-29(43)38-25-12-18(27-37-23(16-45-27)31(32,33)34)20(13-36-25)17-8-9-22-19(11-17)26(41)21(28(42)44-7-2)14-39(22)24(15-40)30(3,4)5/h8-9,11-14,16,24,40H,6-7,10,15H2,1-5H3,(H2,35,36,38,43)/t24-/m0/s1. The molecule has 0 spiro atoms. The Bertz CT molecular complexity index is 1780. The number of esters is 1. The lowest BCUT2D eigenvalue weighted by Gasteiger charge is -2.33. The third kappa shape index (κ3) is 7.34. The molecule has 4 rings (SSSR count). The van der Waals surface area contributed by atoms with Gasteiger partial charge in [0, 0.05) is 40.8 Å². The van der Waals surface area contributed by atoms with Crippen LogP contribution in [0.25, 0.3) is 32.6 Å². The minimum absolute atomic E-state index is 0.0163. The van der Waals surface area contributed by atoms with Gasteiger partial charge < -0.3 is 19.7 Å². The van der Waals surface area contributed by atoms with Crippen molar-refractivity contribution in [2.75, 3.05) is 25.1 Å². The van der Waals surface area contributed by atoms with Crippen LogP contribution >= 0.6 is 11.3 Å². The number of anilines is 1. The quantitative estimate of drug-likeness (QED) is 0.177. The van der Waals surface area contributed by atoms with Gasteiger partial charge in [-0.05, 0) is 42.5 Å². The number of carbonyl (C=O) groups is 2. The Morgan fingerprint density at radius 3 is 2.47 bits per heavy atom. The van der Waals surface area contributed by atoms with Crippen LogP contribution in [0, 0.1) is 5.41 Å². The van der Waals surface area contributed by atoms with E-state index in [0.29, 0.717) is 29.6 Å². The molecule has 0 radical (unpaired) electrons. The number of rotatable bonds is 9.